The first kappa shape index (κ1) is 13.3. The maximum atomic E-state index is 3.66. The Bertz CT molecular complexity index is 252. The summed E-state index contributed by atoms with van der Waals surface area (Å²) >= 11 is 0. The van der Waals surface area contributed by atoms with Crippen LogP contribution in [0.5, 0.6) is 0 Å². The Morgan fingerprint density at radius 2 is 1.75 bits per heavy atom. The number of hydrogen-bond donors (Lipinski definition) is 2. The van der Waals surface area contributed by atoms with Crippen molar-refractivity contribution < 1.29 is 0 Å². The molecule has 1 aromatic rings. The van der Waals surface area contributed by atoms with Gasteiger partial charge >= 0.3 is 0 Å². The molecule has 2 nitrogen and oxygen atoms in total. The standard InChI is InChI=1S/C14H26N2/c1-11(2)7-14(8-12(3)4)16-10-13-5-6-15-9-13/h5-6,9,11-12,14-16H,7-8,10H2,1-4H3. The van der Waals surface area contributed by atoms with Crippen LogP contribution in [-0.4, -0.2) is 11.0 Å². The van der Waals surface area contributed by atoms with Gasteiger partial charge in [0.15, 0.2) is 0 Å². The Balaban J connectivity index is 2.37. The molecule has 2 N–H and O–H groups in total. The third-order valence-corrected chi connectivity index (χ3v) is 2.77. The molecule has 0 unspecified atom stereocenters. The molecule has 0 aromatic carbocycles. The molecule has 0 spiro atoms. The SMILES string of the molecule is CC(C)CC(CC(C)C)NCc1cc[nH]c1. The van der Waals surface area contributed by atoms with E-state index in [9.17, 15) is 0 Å². The average molecular weight is 222 g/mol. The minimum atomic E-state index is 0.648. The van der Waals surface area contributed by atoms with Gasteiger partial charge in [-0.25, -0.2) is 0 Å². The molecule has 0 saturated carbocycles. The maximum absolute atomic E-state index is 3.66. The van der Waals surface area contributed by atoms with E-state index in [2.05, 4.69) is 50.3 Å². The van der Waals surface area contributed by atoms with Crippen molar-refractivity contribution in [2.24, 2.45) is 11.8 Å². The minimum Gasteiger partial charge on any atom is -0.367 e. The Morgan fingerprint density at radius 3 is 2.19 bits per heavy atom. The fourth-order valence-corrected chi connectivity index (χ4v) is 2.13. The Hall–Kier alpha value is -0.760. The molecule has 16 heavy (non-hydrogen) atoms. The predicted molar refractivity (Wildman–Crippen MR) is 70.3 cm³/mol. The second kappa shape index (κ2) is 6.74. The molecule has 0 atom stereocenters. The van der Waals surface area contributed by atoms with Gasteiger partial charge in [0.25, 0.3) is 0 Å². The number of hydrogen-bond acceptors (Lipinski definition) is 1. The van der Waals surface area contributed by atoms with Crippen molar-refractivity contribution in [3.63, 3.8) is 0 Å². The van der Waals surface area contributed by atoms with Gasteiger partial charge in [0.2, 0.25) is 0 Å². The molecular weight excluding hydrogens is 196 g/mol. The van der Waals surface area contributed by atoms with Gasteiger partial charge in [-0.1, -0.05) is 27.7 Å². The van der Waals surface area contributed by atoms with E-state index in [0.717, 1.165) is 18.4 Å². The first-order valence-corrected chi connectivity index (χ1v) is 6.43. The monoisotopic (exact) mass is 222 g/mol. The number of nitrogens with one attached hydrogen (secondary N) is 2. The molecule has 0 aliphatic rings. The lowest BCUT2D eigenvalue weighted by Gasteiger charge is -2.22. The molecule has 0 fully saturated rings. The second-order valence-electron chi connectivity index (χ2n) is 5.56. The van der Waals surface area contributed by atoms with Crippen LogP contribution in [0, 0.1) is 11.8 Å². The molecule has 1 rings (SSSR count). The van der Waals surface area contributed by atoms with Crippen molar-refractivity contribution in [2.75, 3.05) is 0 Å². The largest absolute Gasteiger partial charge is 0.367 e. The van der Waals surface area contributed by atoms with Gasteiger partial charge in [-0.05, 0) is 36.3 Å². The molecule has 0 saturated heterocycles. The van der Waals surface area contributed by atoms with Gasteiger partial charge in [0.05, 0.1) is 0 Å². The number of aromatic amines is 1. The van der Waals surface area contributed by atoms with Gasteiger partial charge in [-0.3, -0.25) is 0 Å². The van der Waals surface area contributed by atoms with Crippen LogP contribution in [0.15, 0.2) is 18.5 Å². The number of rotatable bonds is 7. The highest BCUT2D eigenvalue weighted by Crippen LogP contribution is 2.13. The summed E-state index contributed by atoms with van der Waals surface area (Å²) in [6.07, 6.45) is 6.58. The van der Waals surface area contributed by atoms with E-state index in [1.807, 2.05) is 6.20 Å². The summed E-state index contributed by atoms with van der Waals surface area (Å²) in [7, 11) is 0. The molecule has 1 heterocycles. The first-order chi connectivity index (χ1) is 7.58. The van der Waals surface area contributed by atoms with Crippen molar-refractivity contribution in [3.05, 3.63) is 24.0 Å². The summed E-state index contributed by atoms with van der Waals surface area (Å²) in [5, 5.41) is 3.66. The zero-order valence-electron chi connectivity index (χ0n) is 11.1. The third-order valence-electron chi connectivity index (χ3n) is 2.77. The smallest absolute Gasteiger partial charge is 0.0223 e. The third kappa shape index (κ3) is 5.36. The van der Waals surface area contributed by atoms with Gasteiger partial charge in [-0.15, -0.1) is 0 Å². The molecule has 0 aliphatic heterocycles. The summed E-state index contributed by atoms with van der Waals surface area (Å²) < 4.78 is 0. The number of aromatic nitrogens is 1. The van der Waals surface area contributed by atoms with Crippen LogP contribution in [-0.2, 0) is 6.54 Å². The Morgan fingerprint density at radius 1 is 1.12 bits per heavy atom. The van der Waals surface area contributed by atoms with Crippen LogP contribution in [0.25, 0.3) is 0 Å². The van der Waals surface area contributed by atoms with E-state index in [-0.39, 0.29) is 0 Å². The summed E-state index contributed by atoms with van der Waals surface area (Å²) in [6.45, 7) is 10.2. The highest BCUT2D eigenvalue weighted by molar-refractivity contribution is 5.07. The molecule has 0 amide bonds. The fraction of sp³-hybridized carbons (Fsp3) is 0.714. The number of H-pyrrole nitrogens is 1. The summed E-state index contributed by atoms with van der Waals surface area (Å²) in [4.78, 5) is 3.10. The van der Waals surface area contributed by atoms with Gasteiger partial charge in [0.1, 0.15) is 0 Å². The second-order valence-corrected chi connectivity index (χ2v) is 5.56. The molecular formula is C14H26N2. The minimum absolute atomic E-state index is 0.648. The summed E-state index contributed by atoms with van der Waals surface area (Å²) in [5.41, 5.74) is 1.34. The van der Waals surface area contributed by atoms with Crippen LogP contribution >= 0.6 is 0 Å². The lowest BCUT2D eigenvalue weighted by molar-refractivity contribution is 0.358. The zero-order chi connectivity index (χ0) is 12.0. The zero-order valence-corrected chi connectivity index (χ0v) is 11.1. The Labute approximate surface area is 99.8 Å². The molecule has 1 aromatic heterocycles. The summed E-state index contributed by atoms with van der Waals surface area (Å²) in [5.74, 6) is 1.53. The highest BCUT2D eigenvalue weighted by atomic mass is 14.9. The lowest BCUT2D eigenvalue weighted by Crippen LogP contribution is -2.31. The summed E-state index contributed by atoms with van der Waals surface area (Å²) in [6, 6.07) is 2.78. The van der Waals surface area contributed by atoms with Crippen LogP contribution in [0.1, 0.15) is 46.1 Å². The average Bonchev–Trinajstić information content (AvgIpc) is 2.64. The normalized spacial score (nSPS) is 11.9. The van der Waals surface area contributed by atoms with Crippen LogP contribution < -0.4 is 5.32 Å². The van der Waals surface area contributed by atoms with Crippen molar-refractivity contribution in [1.82, 2.24) is 10.3 Å². The predicted octanol–water partition coefficient (Wildman–Crippen LogP) is 3.57. The van der Waals surface area contributed by atoms with E-state index < -0.39 is 0 Å². The maximum Gasteiger partial charge on any atom is 0.0223 e. The van der Waals surface area contributed by atoms with Gasteiger partial charge < -0.3 is 10.3 Å². The quantitative estimate of drug-likeness (QED) is 0.725. The van der Waals surface area contributed by atoms with Crippen LogP contribution in [0.4, 0.5) is 0 Å². The molecule has 0 aliphatic carbocycles. The van der Waals surface area contributed by atoms with E-state index in [1.54, 1.807) is 0 Å². The van der Waals surface area contributed by atoms with Crippen molar-refractivity contribution in [2.45, 2.75) is 53.1 Å². The lowest BCUT2D eigenvalue weighted by atomic mass is 9.95. The topological polar surface area (TPSA) is 27.8 Å². The van der Waals surface area contributed by atoms with Gasteiger partial charge in [0, 0.05) is 25.0 Å². The van der Waals surface area contributed by atoms with E-state index >= 15 is 0 Å². The van der Waals surface area contributed by atoms with Crippen LogP contribution in [0.2, 0.25) is 0 Å². The van der Waals surface area contributed by atoms with E-state index in [1.165, 1.54) is 18.4 Å². The molecule has 2 heteroatoms. The molecule has 0 bridgehead atoms. The fourth-order valence-electron chi connectivity index (χ4n) is 2.13. The van der Waals surface area contributed by atoms with Crippen LogP contribution in [0.3, 0.4) is 0 Å². The van der Waals surface area contributed by atoms with Crippen molar-refractivity contribution in [3.8, 4) is 0 Å². The van der Waals surface area contributed by atoms with Crippen molar-refractivity contribution in [1.29, 1.82) is 0 Å². The highest BCUT2D eigenvalue weighted by Gasteiger charge is 2.12. The van der Waals surface area contributed by atoms with Gasteiger partial charge in [-0.2, -0.15) is 0 Å². The molecule has 92 valence electrons. The van der Waals surface area contributed by atoms with E-state index in [4.69, 9.17) is 0 Å². The molecule has 0 radical (unpaired) electrons. The van der Waals surface area contributed by atoms with Crippen molar-refractivity contribution >= 4 is 0 Å². The first-order valence-electron chi connectivity index (χ1n) is 6.43. The van der Waals surface area contributed by atoms with E-state index in [0.29, 0.717) is 6.04 Å². The Kier molecular flexibility index (Phi) is 5.61.